The average Bonchev–Trinajstić information content (AvgIpc) is 3.30. The zero-order valence-corrected chi connectivity index (χ0v) is 44.6. The third kappa shape index (κ3) is 30.6. The van der Waals surface area contributed by atoms with Gasteiger partial charge in [-0.25, -0.2) is 0 Å². The number of nitrogens with zero attached hydrogens (tertiary/aromatic N) is 4. The molecule has 63 heavy (non-hydrogen) atoms. The van der Waals surface area contributed by atoms with Crippen LogP contribution in [0.3, 0.4) is 0 Å². The number of ether oxygens (including phenoxy) is 3. The number of unbranched alkanes of at least 4 members (excludes halogenated alkanes) is 6. The third-order valence-corrected chi connectivity index (χ3v) is 11.7. The van der Waals surface area contributed by atoms with E-state index in [0.717, 1.165) is 98.0 Å². The van der Waals surface area contributed by atoms with E-state index in [0.29, 0.717) is 22.3 Å². The summed E-state index contributed by atoms with van der Waals surface area (Å²) in [5, 5.41) is 44.3. The molecule has 0 saturated carbocycles. The van der Waals surface area contributed by atoms with Crippen molar-refractivity contribution in [2.24, 2.45) is 0 Å². The molecule has 0 amide bonds. The summed E-state index contributed by atoms with van der Waals surface area (Å²) in [5.74, 6) is 2.03. The maximum Gasteiger partial charge on any atom is 0.294 e. The van der Waals surface area contributed by atoms with Crippen LogP contribution in [0.25, 0.3) is 0 Å². The lowest BCUT2D eigenvalue weighted by atomic mass is 10.1. The number of rotatable bonds is 17. The number of benzene rings is 3. The molecule has 18 heteroatoms. The Hall–Kier alpha value is -2.20. The second-order valence-electron chi connectivity index (χ2n) is 13.5. The highest BCUT2D eigenvalue weighted by Gasteiger charge is 2.13. The van der Waals surface area contributed by atoms with Gasteiger partial charge in [0.25, 0.3) is 10.1 Å². The Morgan fingerprint density at radius 3 is 1.65 bits per heavy atom. The van der Waals surface area contributed by atoms with Crippen LogP contribution in [0, 0.1) is 52.2 Å². The van der Waals surface area contributed by atoms with Crippen LogP contribution in [-0.4, -0.2) is 67.8 Å². The number of hydrogen-bond donors (Lipinski definition) is 2. The van der Waals surface area contributed by atoms with Crippen molar-refractivity contribution in [3.05, 3.63) is 101 Å². The molecule has 2 aliphatic rings. The summed E-state index contributed by atoms with van der Waals surface area (Å²) in [6.45, 7) is 4.66. The van der Waals surface area contributed by atoms with Crippen molar-refractivity contribution in [3.63, 3.8) is 0 Å². The van der Waals surface area contributed by atoms with Gasteiger partial charge in [0.2, 0.25) is 0 Å². The average molecular weight is 1260 g/mol. The Morgan fingerprint density at radius 1 is 0.730 bits per heavy atom. The third-order valence-electron chi connectivity index (χ3n) is 8.68. The second-order valence-corrected chi connectivity index (χ2v) is 17.2. The minimum atomic E-state index is -4.02. The Labute approximate surface area is 423 Å². The minimum absolute atomic E-state index is 0. The van der Waals surface area contributed by atoms with Crippen LogP contribution in [0.4, 0.5) is 0 Å². The van der Waals surface area contributed by atoms with E-state index in [1.807, 2.05) is 43.3 Å². The Bertz CT molecular complexity index is 1970. The van der Waals surface area contributed by atoms with Crippen molar-refractivity contribution >= 4 is 94.9 Å². The smallest absolute Gasteiger partial charge is 0.294 e. The van der Waals surface area contributed by atoms with Crippen molar-refractivity contribution < 1.29 is 37.8 Å². The van der Waals surface area contributed by atoms with E-state index in [1.165, 1.54) is 44.2 Å². The van der Waals surface area contributed by atoms with E-state index in [2.05, 4.69) is 43.3 Å². The summed E-state index contributed by atoms with van der Waals surface area (Å²) < 4.78 is 45.7. The van der Waals surface area contributed by atoms with Crippen LogP contribution < -0.4 is 0 Å². The zero-order chi connectivity index (χ0) is 45.0. The first-order valence-corrected chi connectivity index (χ1v) is 29.8. The van der Waals surface area contributed by atoms with Gasteiger partial charge in [0, 0.05) is 66.8 Å². The number of halogens is 3. The molecule has 2 heterocycles. The van der Waals surface area contributed by atoms with Gasteiger partial charge in [-0.1, -0.05) is 43.4 Å². The number of aliphatic hydroxyl groups excluding tert-OH is 1. The van der Waals surface area contributed by atoms with Crippen molar-refractivity contribution in [1.82, 2.24) is 0 Å². The first kappa shape index (κ1) is 62.9. The van der Waals surface area contributed by atoms with Gasteiger partial charge in [-0.2, -0.15) is 29.5 Å². The molecule has 1 atom stereocenters. The molecule has 1 fully saturated rings. The summed E-state index contributed by atoms with van der Waals surface area (Å²) in [7, 11) is -4.02. The largest absolute Gasteiger partial charge is 0.502 e. The van der Waals surface area contributed by atoms with E-state index >= 15 is 0 Å². The van der Waals surface area contributed by atoms with Crippen LogP contribution in [0.2, 0.25) is 0 Å². The van der Waals surface area contributed by atoms with E-state index in [9.17, 15) is 8.42 Å². The maximum atomic E-state index is 10.5. The number of aryl methyl sites for hydroxylation is 1. The molecule has 1 saturated heterocycles. The van der Waals surface area contributed by atoms with Gasteiger partial charge in [0.05, 0.1) is 40.0 Å². The van der Waals surface area contributed by atoms with Crippen LogP contribution in [0.15, 0.2) is 87.7 Å². The Balaban J connectivity index is 0. The van der Waals surface area contributed by atoms with Crippen molar-refractivity contribution in [3.8, 4) is 24.3 Å². The summed E-state index contributed by atoms with van der Waals surface area (Å²) in [6, 6.07) is 25.0. The van der Waals surface area contributed by atoms with Crippen molar-refractivity contribution in [1.29, 1.82) is 21.0 Å². The molecule has 4 N–H and O–H groups in total. The van der Waals surface area contributed by atoms with E-state index in [4.69, 9.17) is 44.9 Å². The summed E-state index contributed by atoms with van der Waals surface area (Å²) in [5.41, 5.74) is 2.75. The molecule has 0 radical (unpaired) electrons. The number of nitriles is 4. The fourth-order valence-corrected chi connectivity index (χ4v) is 7.75. The first-order valence-electron chi connectivity index (χ1n) is 20.1. The minimum Gasteiger partial charge on any atom is -0.502 e. The molecule has 3 aromatic rings. The van der Waals surface area contributed by atoms with E-state index in [1.54, 1.807) is 66.2 Å². The Kier molecular flexibility index (Phi) is 41.2. The monoisotopic (exact) mass is 1260 g/mol. The molecule has 1 unspecified atom stereocenters. The molecule has 3 aromatic carbocycles. The molecule has 0 bridgehead atoms. The topological polar surface area (TPSA) is 229 Å². The fourth-order valence-electron chi connectivity index (χ4n) is 5.37. The highest BCUT2D eigenvalue weighted by Crippen LogP contribution is 2.24. The highest BCUT2D eigenvalue weighted by atomic mass is 128. The normalized spacial score (nSPS) is 13.3. The SMILES string of the molecule is C1=COCCC1.Cc1ccc(S(=O)(=O)O)cc1.I.II.N#Cc1ccc(SCCCCCCO)cc1C#N.N#Cc1ccc(SCCCCCCOC2CCCCO2)cc1C#N.O. The second kappa shape index (κ2) is 41.2. The van der Waals surface area contributed by atoms with Crippen LogP contribution in [-0.2, 0) is 24.3 Å². The van der Waals surface area contributed by atoms with Crippen molar-refractivity contribution in [2.45, 2.75) is 111 Å². The lowest BCUT2D eigenvalue weighted by molar-refractivity contribution is -0.162. The van der Waals surface area contributed by atoms with Gasteiger partial charge in [-0.15, -0.1) is 47.5 Å². The van der Waals surface area contributed by atoms with Gasteiger partial charge in [0.1, 0.15) is 24.3 Å². The number of thioether (sulfide) groups is 2. The lowest BCUT2D eigenvalue weighted by Gasteiger charge is -2.22. The predicted molar refractivity (Wildman–Crippen MR) is 279 cm³/mol. The molecule has 2 aliphatic heterocycles. The van der Waals surface area contributed by atoms with Gasteiger partial charge in [0.15, 0.2) is 6.29 Å². The molecule has 5 rings (SSSR count). The van der Waals surface area contributed by atoms with E-state index in [-0.39, 0.29) is 47.2 Å². The van der Waals surface area contributed by atoms with Crippen LogP contribution >= 0.6 is 84.7 Å². The summed E-state index contributed by atoms with van der Waals surface area (Å²) in [6.07, 6.45) is 18.4. The molecular weight excluding hydrogens is 1200 g/mol. The predicted octanol–water partition coefficient (Wildman–Crippen LogP) is 11.8. The molecule has 12 nitrogen and oxygen atoms in total. The highest BCUT2D eigenvalue weighted by molar-refractivity contribution is 15.0. The first-order chi connectivity index (χ1) is 29.6. The van der Waals surface area contributed by atoms with Crippen LogP contribution in [0.1, 0.15) is 111 Å². The molecule has 0 aliphatic carbocycles. The van der Waals surface area contributed by atoms with Gasteiger partial charge < -0.3 is 24.8 Å². The quantitative estimate of drug-likeness (QED) is 0.0555. The number of allylic oxidation sites excluding steroid dienone is 1. The molecule has 0 spiro atoms. The molecule has 346 valence electrons. The molecule has 0 aromatic heterocycles. The summed E-state index contributed by atoms with van der Waals surface area (Å²) in [4.78, 5) is 2.03. The van der Waals surface area contributed by atoms with Crippen molar-refractivity contribution in [2.75, 3.05) is 37.9 Å². The standard InChI is InChI=1S/C19H24N2O2S.C14H16N2OS.C7H8O3S.C5H8O.I2.HI.H2O/c20-14-16-8-9-18(13-17(16)15-21)24-12-6-2-1-4-10-22-19-7-3-5-11-23-19;15-10-12-5-6-14(9-13(12)11-16)18-8-4-2-1-3-7-17;1-6-2-4-7(5-3-6)11(8,9)10;1-2-4-6-5-3-1;1-2;;/h8-9,13,19H,1-7,10-12H2;5-6,9,17H,1-4,7-8H2;2-5H,1H3,(H,8,9,10);2,4H,1,3,5H2;;1H;1H2. The maximum absolute atomic E-state index is 10.5. The molecular formula is C45H59I3N4O8S3. The van der Waals surface area contributed by atoms with Gasteiger partial charge in [-0.05, 0) is 131 Å². The summed E-state index contributed by atoms with van der Waals surface area (Å²) >= 11 is 7.69. The van der Waals surface area contributed by atoms with Gasteiger partial charge in [-0.3, -0.25) is 4.55 Å². The number of hydrogen-bond acceptors (Lipinski definition) is 12. The number of aliphatic hydroxyl groups is 1. The lowest BCUT2D eigenvalue weighted by Crippen LogP contribution is -2.22. The fraction of sp³-hybridized carbons (Fsp3) is 0.467. The Morgan fingerprint density at radius 2 is 1.25 bits per heavy atom. The van der Waals surface area contributed by atoms with Crippen LogP contribution in [0.5, 0.6) is 0 Å². The zero-order valence-electron chi connectivity index (χ0n) is 35.6. The van der Waals surface area contributed by atoms with Gasteiger partial charge >= 0.3 is 0 Å². The van der Waals surface area contributed by atoms with E-state index < -0.39 is 10.1 Å².